The zero-order valence-corrected chi connectivity index (χ0v) is 13.9. The summed E-state index contributed by atoms with van der Waals surface area (Å²) in [6.45, 7) is 3.61. The van der Waals surface area contributed by atoms with Crippen LogP contribution in [-0.2, 0) is 14.3 Å². The molecule has 1 aromatic carbocycles. The first-order valence-corrected chi connectivity index (χ1v) is 8.22. The summed E-state index contributed by atoms with van der Waals surface area (Å²) in [7, 11) is 0. The Morgan fingerprint density at radius 2 is 2.08 bits per heavy atom. The number of ether oxygens (including phenoxy) is 3. The van der Waals surface area contributed by atoms with E-state index in [9.17, 15) is 9.59 Å². The van der Waals surface area contributed by atoms with E-state index in [1.54, 1.807) is 31.2 Å². The average Bonchev–Trinajstić information content (AvgIpc) is 3.08. The molecule has 1 aliphatic rings. The number of alkyl carbamates (subject to hydrolysis) is 1. The monoisotopic (exact) mass is 336 g/mol. The Balaban J connectivity index is 1.66. The van der Waals surface area contributed by atoms with Crippen LogP contribution in [0.4, 0.5) is 10.5 Å². The van der Waals surface area contributed by atoms with Gasteiger partial charge in [-0.15, -0.1) is 0 Å². The summed E-state index contributed by atoms with van der Waals surface area (Å²) >= 11 is 0. The van der Waals surface area contributed by atoms with Gasteiger partial charge in [0.2, 0.25) is 5.91 Å². The zero-order chi connectivity index (χ0) is 17.2. The van der Waals surface area contributed by atoms with E-state index in [0.29, 0.717) is 18.9 Å². The third-order valence-corrected chi connectivity index (χ3v) is 3.49. The molecule has 2 N–H and O–H groups in total. The Hall–Kier alpha value is -2.28. The van der Waals surface area contributed by atoms with Gasteiger partial charge >= 0.3 is 6.09 Å². The molecule has 2 rings (SSSR count). The summed E-state index contributed by atoms with van der Waals surface area (Å²) in [6.07, 6.45) is 1.96. The minimum Gasteiger partial charge on any atom is -0.491 e. The summed E-state index contributed by atoms with van der Waals surface area (Å²) in [5.41, 5.74) is 0.681. The predicted molar refractivity (Wildman–Crippen MR) is 89.2 cm³/mol. The summed E-state index contributed by atoms with van der Waals surface area (Å²) < 4.78 is 15.9. The van der Waals surface area contributed by atoms with Crippen molar-refractivity contribution in [2.24, 2.45) is 0 Å². The second kappa shape index (κ2) is 9.77. The normalized spacial score (nSPS) is 16.5. The van der Waals surface area contributed by atoms with Crippen molar-refractivity contribution in [1.29, 1.82) is 0 Å². The van der Waals surface area contributed by atoms with E-state index in [4.69, 9.17) is 14.2 Å². The van der Waals surface area contributed by atoms with Gasteiger partial charge in [0, 0.05) is 25.3 Å². The van der Waals surface area contributed by atoms with Gasteiger partial charge in [0.1, 0.15) is 12.4 Å². The fraction of sp³-hybridized carbons (Fsp3) is 0.529. The van der Waals surface area contributed by atoms with Crippen LogP contribution in [0.25, 0.3) is 0 Å². The van der Waals surface area contributed by atoms with Gasteiger partial charge in [-0.3, -0.25) is 4.79 Å². The van der Waals surface area contributed by atoms with Crippen molar-refractivity contribution in [2.45, 2.75) is 32.3 Å². The van der Waals surface area contributed by atoms with E-state index in [-0.39, 0.29) is 25.0 Å². The topological polar surface area (TPSA) is 85.9 Å². The fourth-order valence-electron chi connectivity index (χ4n) is 2.28. The first-order valence-electron chi connectivity index (χ1n) is 8.22. The van der Waals surface area contributed by atoms with Crippen LogP contribution >= 0.6 is 0 Å². The average molecular weight is 336 g/mol. The number of nitrogens with one attached hydrogen (secondary N) is 2. The Morgan fingerprint density at radius 3 is 2.75 bits per heavy atom. The van der Waals surface area contributed by atoms with Crippen molar-refractivity contribution in [3.63, 3.8) is 0 Å². The number of rotatable bonds is 8. The molecule has 1 heterocycles. The molecule has 0 saturated carbocycles. The van der Waals surface area contributed by atoms with Gasteiger partial charge in [-0.05, 0) is 44.0 Å². The number of carbonyl (C=O) groups is 2. The van der Waals surface area contributed by atoms with E-state index < -0.39 is 6.09 Å². The molecular weight excluding hydrogens is 312 g/mol. The van der Waals surface area contributed by atoms with Gasteiger partial charge in [0.15, 0.2) is 0 Å². The highest BCUT2D eigenvalue weighted by atomic mass is 16.5. The van der Waals surface area contributed by atoms with Gasteiger partial charge in [0.25, 0.3) is 0 Å². The molecule has 0 spiro atoms. The van der Waals surface area contributed by atoms with Crippen molar-refractivity contribution < 1.29 is 23.8 Å². The van der Waals surface area contributed by atoms with Gasteiger partial charge in [-0.25, -0.2) is 4.79 Å². The van der Waals surface area contributed by atoms with E-state index >= 15 is 0 Å². The molecule has 7 nitrogen and oxygen atoms in total. The van der Waals surface area contributed by atoms with Crippen LogP contribution in [0.2, 0.25) is 0 Å². The van der Waals surface area contributed by atoms with Crippen LogP contribution in [-0.4, -0.2) is 44.5 Å². The Kier molecular flexibility index (Phi) is 7.35. The summed E-state index contributed by atoms with van der Waals surface area (Å²) in [4.78, 5) is 22.9. The van der Waals surface area contributed by atoms with E-state index in [2.05, 4.69) is 10.6 Å². The molecule has 7 heteroatoms. The summed E-state index contributed by atoms with van der Waals surface area (Å²) in [5.74, 6) is 0.562. The quantitative estimate of drug-likeness (QED) is 0.761. The van der Waals surface area contributed by atoms with Gasteiger partial charge in [0.05, 0.1) is 12.7 Å². The van der Waals surface area contributed by atoms with Crippen molar-refractivity contribution in [3.05, 3.63) is 24.3 Å². The van der Waals surface area contributed by atoms with Gasteiger partial charge in [-0.2, -0.15) is 0 Å². The smallest absolute Gasteiger partial charge is 0.407 e. The van der Waals surface area contributed by atoms with Crippen molar-refractivity contribution >= 4 is 17.7 Å². The number of anilines is 1. The maximum absolute atomic E-state index is 11.8. The number of hydrogen-bond acceptors (Lipinski definition) is 5. The molecule has 1 atom stereocenters. The standard InChI is InChI=1S/C17H24N2O5/c1-2-22-17(21)18-10-9-16(20)19-13-5-7-14(8-6-13)24-12-15-4-3-11-23-15/h5-8,15H,2-4,9-12H2,1H3,(H,18,21)(H,19,20). The largest absolute Gasteiger partial charge is 0.491 e. The van der Waals surface area contributed by atoms with Gasteiger partial charge < -0.3 is 24.8 Å². The van der Waals surface area contributed by atoms with Crippen LogP contribution in [0, 0.1) is 0 Å². The van der Waals surface area contributed by atoms with Gasteiger partial charge in [-0.1, -0.05) is 0 Å². The van der Waals surface area contributed by atoms with Crippen LogP contribution in [0.3, 0.4) is 0 Å². The predicted octanol–water partition coefficient (Wildman–Crippen LogP) is 2.32. The third kappa shape index (κ3) is 6.45. The molecule has 0 aromatic heterocycles. The van der Waals surface area contributed by atoms with Crippen molar-refractivity contribution in [3.8, 4) is 5.75 Å². The molecule has 0 aliphatic carbocycles. The highest BCUT2D eigenvalue weighted by Crippen LogP contribution is 2.18. The zero-order valence-electron chi connectivity index (χ0n) is 13.9. The lowest BCUT2D eigenvalue weighted by Gasteiger charge is -2.12. The van der Waals surface area contributed by atoms with Crippen molar-refractivity contribution in [2.75, 3.05) is 31.7 Å². The van der Waals surface area contributed by atoms with Crippen LogP contribution in [0.5, 0.6) is 5.75 Å². The number of amides is 2. The van der Waals surface area contributed by atoms with Crippen LogP contribution in [0.1, 0.15) is 26.2 Å². The molecule has 0 bridgehead atoms. The Morgan fingerprint density at radius 1 is 1.29 bits per heavy atom. The lowest BCUT2D eigenvalue weighted by Crippen LogP contribution is -2.28. The lowest BCUT2D eigenvalue weighted by molar-refractivity contribution is -0.116. The number of benzene rings is 1. The summed E-state index contributed by atoms with van der Waals surface area (Å²) in [5, 5.41) is 5.26. The Labute approximate surface area is 141 Å². The fourth-order valence-corrected chi connectivity index (χ4v) is 2.28. The molecule has 1 aromatic rings. The highest BCUT2D eigenvalue weighted by Gasteiger charge is 2.15. The Bertz CT molecular complexity index is 526. The summed E-state index contributed by atoms with van der Waals surface area (Å²) in [6, 6.07) is 7.17. The third-order valence-electron chi connectivity index (χ3n) is 3.49. The van der Waals surface area contributed by atoms with E-state index in [1.165, 1.54) is 0 Å². The number of hydrogen-bond donors (Lipinski definition) is 2. The molecule has 132 valence electrons. The first kappa shape index (κ1) is 18.1. The second-order valence-corrected chi connectivity index (χ2v) is 5.42. The maximum atomic E-state index is 11.8. The van der Waals surface area contributed by atoms with Crippen LogP contribution < -0.4 is 15.4 Å². The second-order valence-electron chi connectivity index (χ2n) is 5.42. The van der Waals surface area contributed by atoms with E-state index in [1.807, 2.05) is 0 Å². The molecule has 0 radical (unpaired) electrons. The minimum atomic E-state index is -0.516. The first-order chi connectivity index (χ1) is 11.7. The highest BCUT2D eigenvalue weighted by molar-refractivity contribution is 5.91. The SMILES string of the molecule is CCOC(=O)NCCC(=O)Nc1ccc(OCC2CCCO2)cc1. The molecule has 1 aliphatic heterocycles. The molecule has 1 saturated heterocycles. The van der Waals surface area contributed by atoms with Crippen molar-refractivity contribution in [1.82, 2.24) is 5.32 Å². The molecule has 24 heavy (non-hydrogen) atoms. The molecular formula is C17H24N2O5. The number of carbonyl (C=O) groups excluding carboxylic acids is 2. The molecule has 1 unspecified atom stereocenters. The lowest BCUT2D eigenvalue weighted by atomic mass is 10.2. The minimum absolute atomic E-state index is 0.177. The maximum Gasteiger partial charge on any atom is 0.407 e. The van der Waals surface area contributed by atoms with E-state index in [0.717, 1.165) is 25.2 Å². The molecule has 2 amide bonds. The van der Waals surface area contributed by atoms with Crippen LogP contribution in [0.15, 0.2) is 24.3 Å². The molecule has 1 fully saturated rings.